The maximum atomic E-state index is 11.3. The summed E-state index contributed by atoms with van der Waals surface area (Å²) < 4.78 is 0. The molecule has 0 amide bonds. The molecule has 0 aromatic rings. The molecule has 1 fully saturated rings. The summed E-state index contributed by atoms with van der Waals surface area (Å²) in [5, 5.41) is 0. The van der Waals surface area contributed by atoms with Gasteiger partial charge in [0.05, 0.1) is 6.04 Å². The Morgan fingerprint density at radius 3 is 2.44 bits per heavy atom. The second kappa shape index (κ2) is 5.46. The highest BCUT2D eigenvalue weighted by Gasteiger charge is 2.38. The fraction of sp³-hybridized carbons (Fsp3) is 0.812. The molecule has 0 aromatic carbocycles. The Hall–Kier alpha value is -0.790. The van der Waals surface area contributed by atoms with Gasteiger partial charge in [0.2, 0.25) is 0 Å². The molecule has 104 valence electrons. The lowest BCUT2D eigenvalue weighted by Crippen LogP contribution is -2.32. The standard InChI is InChI=1S/C16H29NO/c1-7-8-13(9-15(2,3)4)17-12-16(5,6)10-14(17)11-18/h8,11,14H,7,9-10,12H2,1-6H3/b13-8+. The Kier molecular flexibility index (Phi) is 4.63. The molecular formula is C16H29NO. The first-order valence-corrected chi connectivity index (χ1v) is 7.09. The average molecular weight is 251 g/mol. The number of hydrogen-bond acceptors (Lipinski definition) is 2. The van der Waals surface area contributed by atoms with E-state index in [-0.39, 0.29) is 16.9 Å². The van der Waals surface area contributed by atoms with Gasteiger partial charge in [0, 0.05) is 12.2 Å². The quantitative estimate of drug-likeness (QED) is 0.703. The lowest BCUT2D eigenvalue weighted by Gasteiger charge is -2.31. The van der Waals surface area contributed by atoms with Crippen LogP contribution in [0.5, 0.6) is 0 Å². The fourth-order valence-electron chi connectivity index (χ4n) is 2.83. The number of likely N-dealkylation sites (tertiary alicyclic amines) is 1. The molecule has 18 heavy (non-hydrogen) atoms. The Balaban J connectivity index is 2.92. The molecule has 0 bridgehead atoms. The molecule has 1 aliphatic heterocycles. The van der Waals surface area contributed by atoms with Crippen LogP contribution in [0.2, 0.25) is 0 Å². The van der Waals surface area contributed by atoms with E-state index in [1.165, 1.54) is 5.70 Å². The third-order valence-electron chi connectivity index (χ3n) is 3.44. The normalized spacial score (nSPS) is 24.4. The topological polar surface area (TPSA) is 20.3 Å². The van der Waals surface area contributed by atoms with Crippen LogP contribution in [-0.2, 0) is 4.79 Å². The summed E-state index contributed by atoms with van der Waals surface area (Å²) in [6.07, 6.45) is 6.47. The SMILES string of the molecule is CC/C=C(\CC(C)(C)C)N1CC(C)(C)CC1C=O. The summed E-state index contributed by atoms with van der Waals surface area (Å²) in [6, 6.07) is 0.0696. The molecule has 1 aliphatic rings. The highest BCUT2D eigenvalue weighted by molar-refractivity contribution is 5.59. The molecule has 1 saturated heterocycles. The van der Waals surface area contributed by atoms with E-state index < -0.39 is 0 Å². The first-order chi connectivity index (χ1) is 8.18. The first kappa shape index (κ1) is 15.3. The van der Waals surface area contributed by atoms with E-state index >= 15 is 0 Å². The number of hydrogen-bond donors (Lipinski definition) is 0. The number of aldehydes is 1. The van der Waals surface area contributed by atoms with Crippen LogP contribution >= 0.6 is 0 Å². The van der Waals surface area contributed by atoms with Crippen LogP contribution in [-0.4, -0.2) is 23.8 Å². The van der Waals surface area contributed by atoms with Crippen LogP contribution < -0.4 is 0 Å². The second-order valence-corrected chi connectivity index (χ2v) is 7.54. The monoisotopic (exact) mass is 251 g/mol. The van der Waals surface area contributed by atoms with Crippen LogP contribution in [0.1, 0.15) is 60.8 Å². The van der Waals surface area contributed by atoms with Crippen LogP contribution in [0.15, 0.2) is 11.8 Å². The summed E-state index contributed by atoms with van der Waals surface area (Å²) in [6.45, 7) is 14.4. The smallest absolute Gasteiger partial charge is 0.142 e. The van der Waals surface area contributed by atoms with Crippen molar-refractivity contribution in [3.8, 4) is 0 Å². The van der Waals surface area contributed by atoms with Crippen molar-refractivity contribution >= 4 is 6.29 Å². The molecule has 0 spiro atoms. The molecule has 0 saturated carbocycles. The third kappa shape index (κ3) is 4.15. The van der Waals surface area contributed by atoms with Crippen molar-refractivity contribution in [3.05, 3.63) is 11.8 Å². The Bertz CT molecular complexity index is 322. The van der Waals surface area contributed by atoms with E-state index in [1.54, 1.807) is 0 Å². The van der Waals surface area contributed by atoms with Gasteiger partial charge < -0.3 is 9.69 Å². The zero-order valence-corrected chi connectivity index (χ0v) is 12.9. The summed E-state index contributed by atoms with van der Waals surface area (Å²) in [4.78, 5) is 13.6. The van der Waals surface area contributed by atoms with Crippen molar-refractivity contribution in [3.63, 3.8) is 0 Å². The lowest BCUT2D eigenvalue weighted by molar-refractivity contribution is -0.111. The van der Waals surface area contributed by atoms with E-state index in [0.29, 0.717) is 0 Å². The predicted octanol–water partition coefficient (Wildman–Crippen LogP) is 4.02. The predicted molar refractivity (Wildman–Crippen MR) is 77.4 cm³/mol. The molecule has 2 nitrogen and oxygen atoms in total. The minimum atomic E-state index is 0.0696. The molecule has 1 atom stereocenters. The van der Waals surface area contributed by atoms with E-state index in [9.17, 15) is 4.79 Å². The summed E-state index contributed by atoms with van der Waals surface area (Å²) in [7, 11) is 0. The van der Waals surface area contributed by atoms with Crippen molar-refractivity contribution < 1.29 is 4.79 Å². The molecule has 0 aromatic heterocycles. The van der Waals surface area contributed by atoms with Crippen molar-refractivity contribution in [1.82, 2.24) is 4.90 Å². The van der Waals surface area contributed by atoms with E-state index in [4.69, 9.17) is 0 Å². The second-order valence-electron chi connectivity index (χ2n) is 7.54. The molecular weight excluding hydrogens is 222 g/mol. The zero-order chi connectivity index (χ0) is 14.0. The van der Waals surface area contributed by atoms with Gasteiger partial charge in [-0.25, -0.2) is 0 Å². The Morgan fingerprint density at radius 1 is 1.39 bits per heavy atom. The van der Waals surface area contributed by atoms with Gasteiger partial charge in [-0.1, -0.05) is 47.6 Å². The highest BCUT2D eigenvalue weighted by Crippen LogP contribution is 2.38. The Labute approximate surface area is 112 Å². The van der Waals surface area contributed by atoms with Crippen LogP contribution in [0, 0.1) is 10.8 Å². The summed E-state index contributed by atoms with van der Waals surface area (Å²) >= 11 is 0. The zero-order valence-electron chi connectivity index (χ0n) is 12.9. The first-order valence-electron chi connectivity index (χ1n) is 7.09. The van der Waals surface area contributed by atoms with E-state index in [2.05, 4.69) is 52.5 Å². The van der Waals surface area contributed by atoms with Crippen LogP contribution in [0.25, 0.3) is 0 Å². The van der Waals surface area contributed by atoms with Gasteiger partial charge in [0.25, 0.3) is 0 Å². The Morgan fingerprint density at radius 2 is 2.00 bits per heavy atom. The fourth-order valence-corrected chi connectivity index (χ4v) is 2.83. The van der Waals surface area contributed by atoms with Gasteiger partial charge in [-0.3, -0.25) is 0 Å². The van der Waals surface area contributed by atoms with Crippen molar-refractivity contribution in [1.29, 1.82) is 0 Å². The van der Waals surface area contributed by atoms with Gasteiger partial charge in [0.15, 0.2) is 0 Å². The number of allylic oxidation sites excluding steroid dienone is 2. The summed E-state index contributed by atoms with van der Waals surface area (Å²) in [5.41, 5.74) is 1.87. The molecule has 0 N–H and O–H groups in total. The van der Waals surface area contributed by atoms with Gasteiger partial charge in [-0.05, 0) is 30.1 Å². The van der Waals surface area contributed by atoms with Crippen molar-refractivity contribution in [2.75, 3.05) is 6.54 Å². The minimum Gasteiger partial charge on any atom is -0.365 e. The maximum absolute atomic E-state index is 11.3. The van der Waals surface area contributed by atoms with Crippen LogP contribution in [0.4, 0.5) is 0 Å². The largest absolute Gasteiger partial charge is 0.365 e. The average Bonchev–Trinajstić information content (AvgIpc) is 2.51. The molecule has 0 radical (unpaired) electrons. The van der Waals surface area contributed by atoms with Crippen molar-refractivity contribution in [2.24, 2.45) is 10.8 Å². The molecule has 0 aliphatic carbocycles. The van der Waals surface area contributed by atoms with Gasteiger partial charge in [0.1, 0.15) is 6.29 Å². The van der Waals surface area contributed by atoms with Gasteiger partial charge >= 0.3 is 0 Å². The maximum Gasteiger partial charge on any atom is 0.142 e. The number of nitrogens with zero attached hydrogens (tertiary/aromatic N) is 1. The summed E-state index contributed by atoms with van der Waals surface area (Å²) in [5.74, 6) is 0. The number of rotatable bonds is 4. The molecule has 2 heteroatoms. The van der Waals surface area contributed by atoms with Crippen LogP contribution in [0.3, 0.4) is 0 Å². The van der Waals surface area contributed by atoms with Crippen molar-refractivity contribution in [2.45, 2.75) is 66.8 Å². The lowest BCUT2D eigenvalue weighted by atomic mass is 9.89. The molecule has 1 heterocycles. The van der Waals surface area contributed by atoms with E-state index in [0.717, 1.165) is 32.1 Å². The third-order valence-corrected chi connectivity index (χ3v) is 3.44. The molecule has 1 rings (SSSR count). The minimum absolute atomic E-state index is 0.0696. The van der Waals surface area contributed by atoms with E-state index in [1.807, 2.05) is 0 Å². The highest BCUT2D eigenvalue weighted by atomic mass is 16.1. The number of carbonyl (C=O) groups is 1. The molecule has 1 unspecified atom stereocenters. The van der Waals surface area contributed by atoms with Gasteiger partial charge in [-0.15, -0.1) is 0 Å². The number of carbonyl (C=O) groups excluding carboxylic acids is 1. The van der Waals surface area contributed by atoms with Gasteiger partial charge in [-0.2, -0.15) is 0 Å².